The highest BCUT2D eigenvalue weighted by Crippen LogP contribution is 2.48. The van der Waals surface area contributed by atoms with E-state index in [1.807, 2.05) is 11.8 Å². The lowest BCUT2D eigenvalue weighted by atomic mass is 10.1. The van der Waals surface area contributed by atoms with E-state index in [9.17, 15) is 0 Å². The molecule has 3 nitrogen and oxygen atoms in total. The summed E-state index contributed by atoms with van der Waals surface area (Å²) in [5, 5.41) is 6.27. The third kappa shape index (κ3) is 2.06. The Kier molecular flexibility index (Phi) is 3.24. The van der Waals surface area contributed by atoms with Gasteiger partial charge in [-0.2, -0.15) is 5.10 Å². The van der Waals surface area contributed by atoms with Crippen LogP contribution in [-0.4, -0.2) is 35.3 Å². The Bertz CT molecular complexity index is 864. The summed E-state index contributed by atoms with van der Waals surface area (Å²) < 4.78 is 2.16. The summed E-state index contributed by atoms with van der Waals surface area (Å²) in [6.07, 6.45) is 0. The van der Waals surface area contributed by atoms with Gasteiger partial charge in [0.15, 0.2) is 0 Å². The van der Waals surface area contributed by atoms with Crippen LogP contribution in [0.2, 0.25) is 0 Å². The van der Waals surface area contributed by atoms with Crippen LogP contribution in [0.4, 0.5) is 0 Å². The zero-order chi connectivity index (χ0) is 15.3. The van der Waals surface area contributed by atoms with Gasteiger partial charge in [0.2, 0.25) is 0 Å². The fraction of sp³-hybridized carbons (Fsp3) is 0.278. The summed E-state index contributed by atoms with van der Waals surface area (Å²) in [6.45, 7) is 4.10. The first-order valence-corrected chi connectivity index (χ1v) is 8.39. The van der Waals surface area contributed by atoms with Gasteiger partial charge in [-0.15, -0.1) is 0 Å². The monoisotopic (exact) mass is 309 g/mol. The molecule has 1 aromatic heterocycles. The van der Waals surface area contributed by atoms with Crippen molar-refractivity contribution in [1.29, 1.82) is 0 Å². The molecule has 0 amide bonds. The second-order valence-corrected chi connectivity index (χ2v) is 7.13. The van der Waals surface area contributed by atoms with Gasteiger partial charge < -0.3 is 4.90 Å². The fourth-order valence-corrected chi connectivity index (χ4v) is 4.16. The maximum atomic E-state index is 4.95. The molecule has 4 heteroatoms. The predicted molar refractivity (Wildman–Crippen MR) is 92.6 cm³/mol. The predicted octanol–water partition coefficient (Wildman–Crippen LogP) is 4.04. The first-order valence-electron chi connectivity index (χ1n) is 7.57. The number of nitrogens with zero attached hydrogens (tertiary/aromatic N) is 3. The van der Waals surface area contributed by atoms with Crippen molar-refractivity contribution in [2.45, 2.75) is 23.3 Å². The highest BCUT2D eigenvalue weighted by atomic mass is 32.2. The van der Waals surface area contributed by atoms with Crippen LogP contribution in [0.25, 0.3) is 22.2 Å². The number of rotatable bonds is 3. The Morgan fingerprint density at radius 1 is 1.14 bits per heavy atom. The molecule has 1 aliphatic rings. The van der Waals surface area contributed by atoms with Crippen LogP contribution in [0, 0.1) is 6.92 Å². The average Bonchev–Trinajstić information content (AvgIpc) is 2.88. The summed E-state index contributed by atoms with van der Waals surface area (Å²) in [6, 6.07) is 13.0. The topological polar surface area (TPSA) is 21.1 Å². The van der Waals surface area contributed by atoms with Gasteiger partial charge in [0, 0.05) is 27.3 Å². The van der Waals surface area contributed by atoms with Crippen molar-refractivity contribution >= 4 is 22.7 Å². The molecule has 0 aliphatic carbocycles. The first-order chi connectivity index (χ1) is 10.6. The molecule has 0 saturated carbocycles. The minimum absolute atomic E-state index is 0.916. The molecular formula is C18H19N3S. The Balaban J connectivity index is 1.97. The van der Waals surface area contributed by atoms with E-state index in [2.05, 4.69) is 67.0 Å². The quantitative estimate of drug-likeness (QED) is 0.570. The molecule has 0 spiro atoms. The molecule has 0 atom stereocenters. The molecule has 1 aliphatic heterocycles. The third-order valence-corrected chi connectivity index (χ3v) is 5.49. The van der Waals surface area contributed by atoms with E-state index in [4.69, 9.17) is 5.10 Å². The van der Waals surface area contributed by atoms with Crippen LogP contribution in [0.15, 0.2) is 46.2 Å². The Morgan fingerprint density at radius 2 is 1.95 bits per heavy atom. The van der Waals surface area contributed by atoms with Gasteiger partial charge in [0.25, 0.3) is 0 Å². The van der Waals surface area contributed by atoms with Crippen LogP contribution < -0.4 is 0 Å². The molecule has 0 radical (unpaired) electrons. The number of likely N-dealkylation sites (N-methyl/N-ethyl adjacent to an activating group) is 1. The molecule has 0 unspecified atom stereocenters. The average molecular weight is 309 g/mol. The number of hydrogen-bond donors (Lipinski definition) is 0. The minimum Gasteiger partial charge on any atom is -0.308 e. The van der Waals surface area contributed by atoms with Crippen LogP contribution in [0.5, 0.6) is 0 Å². The van der Waals surface area contributed by atoms with Gasteiger partial charge in [0.05, 0.1) is 12.1 Å². The molecule has 2 aromatic carbocycles. The molecule has 2 heterocycles. The van der Waals surface area contributed by atoms with Gasteiger partial charge in [-0.3, -0.25) is 4.68 Å². The standard InChI is InChI=1S/C18H19N3S/c1-12-8-9-14-16-17(19-21(14)11-10-20(2)3)13-6-4-5-7-15(13)22-18(12)16/h4-9H,10-11H2,1-3H3. The zero-order valence-electron chi connectivity index (χ0n) is 13.1. The highest BCUT2D eigenvalue weighted by molar-refractivity contribution is 7.99. The second kappa shape index (κ2) is 5.14. The molecule has 0 bridgehead atoms. The summed E-state index contributed by atoms with van der Waals surface area (Å²) in [5.41, 5.74) is 4.99. The van der Waals surface area contributed by atoms with E-state index >= 15 is 0 Å². The summed E-state index contributed by atoms with van der Waals surface area (Å²) in [5.74, 6) is 0. The molecule has 4 rings (SSSR count). The summed E-state index contributed by atoms with van der Waals surface area (Å²) >= 11 is 1.88. The molecule has 0 fully saturated rings. The van der Waals surface area contributed by atoms with Crippen molar-refractivity contribution in [3.8, 4) is 11.3 Å². The van der Waals surface area contributed by atoms with Gasteiger partial charge in [0.1, 0.15) is 5.69 Å². The van der Waals surface area contributed by atoms with Crippen molar-refractivity contribution in [2.75, 3.05) is 20.6 Å². The van der Waals surface area contributed by atoms with Gasteiger partial charge in [-0.05, 0) is 38.7 Å². The van der Waals surface area contributed by atoms with Crippen molar-refractivity contribution in [3.63, 3.8) is 0 Å². The SMILES string of the molecule is Cc1ccc2c3c(nn2CCN(C)C)-c2ccccc2Sc13. The number of aryl methyl sites for hydroxylation is 1. The minimum atomic E-state index is 0.916. The maximum absolute atomic E-state index is 4.95. The van der Waals surface area contributed by atoms with Crippen LogP contribution in [0.3, 0.4) is 0 Å². The van der Waals surface area contributed by atoms with Crippen molar-refractivity contribution in [3.05, 3.63) is 42.0 Å². The lowest BCUT2D eigenvalue weighted by Gasteiger charge is -2.16. The fourth-order valence-electron chi connectivity index (χ4n) is 2.99. The van der Waals surface area contributed by atoms with Gasteiger partial charge in [-0.25, -0.2) is 0 Å². The number of hydrogen-bond acceptors (Lipinski definition) is 3. The van der Waals surface area contributed by atoms with Crippen molar-refractivity contribution in [2.24, 2.45) is 0 Å². The van der Waals surface area contributed by atoms with Crippen LogP contribution >= 0.6 is 11.8 Å². The lowest BCUT2D eigenvalue weighted by Crippen LogP contribution is -2.18. The molecule has 0 N–H and O–H groups in total. The molecule has 112 valence electrons. The highest BCUT2D eigenvalue weighted by Gasteiger charge is 2.24. The van der Waals surface area contributed by atoms with Gasteiger partial charge >= 0.3 is 0 Å². The van der Waals surface area contributed by atoms with Gasteiger partial charge in [-0.1, -0.05) is 36.0 Å². The van der Waals surface area contributed by atoms with E-state index in [1.54, 1.807) is 0 Å². The molecular weight excluding hydrogens is 290 g/mol. The maximum Gasteiger partial charge on any atom is 0.102 e. The number of fused-ring (bicyclic) bond motifs is 2. The molecule has 0 saturated heterocycles. The second-order valence-electron chi connectivity index (χ2n) is 6.08. The molecule has 3 aromatic rings. The van der Waals surface area contributed by atoms with E-state index in [1.165, 1.54) is 31.8 Å². The van der Waals surface area contributed by atoms with Crippen LogP contribution in [0.1, 0.15) is 5.56 Å². The Hall–Kier alpha value is -1.78. The molecule has 22 heavy (non-hydrogen) atoms. The van der Waals surface area contributed by atoms with Crippen molar-refractivity contribution < 1.29 is 0 Å². The third-order valence-electron chi connectivity index (χ3n) is 4.18. The van der Waals surface area contributed by atoms with E-state index in [-0.39, 0.29) is 0 Å². The first kappa shape index (κ1) is 13.9. The van der Waals surface area contributed by atoms with Crippen LogP contribution in [-0.2, 0) is 6.54 Å². The van der Waals surface area contributed by atoms with E-state index in [0.717, 1.165) is 18.8 Å². The summed E-state index contributed by atoms with van der Waals surface area (Å²) in [4.78, 5) is 4.87. The van der Waals surface area contributed by atoms with Crippen molar-refractivity contribution in [1.82, 2.24) is 14.7 Å². The normalized spacial score (nSPS) is 12.9. The Morgan fingerprint density at radius 3 is 2.77 bits per heavy atom. The zero-order valence-corrected chi connectivity index (χ0v) is 13.9. The van der Waals surface area contributed by atoms with E-state index in [0.29, 0.717) is 0 Å². The largest absolute Gasteiger partial charge is 0.308 e. The number of aromatic nitrogens is 2. The smallest absolute Gasteiger partial charge is 0.102 e. The van der Waals surface area contributed by atoms with E-state index < -0.39 is 0 Å². The lowest BCUT2D eigenvalue weighted by molar-refractivity contribution is 0.377. The Labute approximate surface area is 134 Å². The summed E-state index contributed by atoms with van der Waals surface area (Å²) in [7, 11) is 4.21. The number of benzene rings is 2.